The minimum absolute atomic E-state index is 0.00830. The van der Waals surface area contributed by atoms with Crippen molar-refractivity contribution in [3.8, 4) is 0 Å². The number of halogens is 1. The van der Waals surface area contributed by atoms with Crippen LogP contribution in [0.25, 0.3) is 0 Å². The minimum atomic E-state index is -0.655. The van der Waals surface area contributed by atoms with Gasteiger partial charge in [-0.1, -0.05) is 11.6 Å². The van der Waals surface area contributed by atoms with Crippen LogP contribution in [0.4, 0.5) is 11.4 Å². The minimum Gasteiger partial charge on any atom is -0.376 e. The molecule has 0 saturated carbocycles. The molecule has 1 aliphatic rings. The molecule has 1 atom stereocenters. The molecule has 0 bridgehead atoms. The average Bonchev–Trinajstić information content (AvgIpc) is 2.96. The Kier molecular flexibility index (Phi) is 4.94. The van der Waals surface area contributed by atoms with Crippen LogP contribution in [0.1, 0.15) is 23.2 Å². The molecule has 2 rings (SSSR count). The van der Waals surface area contributed by atoms with E-state index in [-0.39, 0.29) is 28.1 Å². The highest BCUT2D eigenvalue weighted by Gasteiger charge is 2.22. The summed E-state index contributed by atoms with van der Waals surface area (Å²) < 4.78 is 5.39. The topological polar surface area (TPSA) is 120 Å². The number of nitrogens with zero attached hydrogens (tertiary/aromatic N) is 1. The normalized spacial score (nSPS) is 17.5. The smallest absolute Gasteiger partial charge is 0.295 e. The number of anilines is 1. The Hall–Kier alpha value is -1.90. The molecule has 1 heterocycles. The Morgan fingerprint density at radius 1 is 1.57 bits per heavy atom. The van der Waals surface area contributed by atoms with Gasteiger partial charge < -0.3 is 15.5 Å². The highest BCUT2D eigenvalue weighted by atomic mass is 35.5. The van der Waals surface area contributed by atoms with Gasteiger partial charge >= 0.3 is 0 Å². The van der Waals surface area contributed by atoms with Gasteiger partial charge in [0.1, 0.15) is 5.69 Å². The molecule has 1 aromatic carbocycles. The number of carbonyl (C=O) groups excluding carboxylic acids is 1. The first kappa shape index (κ1) is 15.5. The van der Waals surface area contributed by atoms with Crippen LogP contribution < -0.4 is 16.6 Å². The molecule has 1 amide bonds. The standard InChI is InChI=1S/C12H15ClN4O4/c13-9-4-7(5-10(17(19)20)11(9)16-14)12(18)15-6-8-2-1-3-21-8/h4-5,8,16H,1-3,6,14H2,(H,15,18). The first-order valence-electron chi connectivity index (χ1n) is 6.37. The Morgan fingerprint density at radius 3 is 2.90 bits per heavy atom. The SMILES string of the molecule is NNc1c(Cl)cc(C(=O)NCC2CCCO2)cc1[N+](=O)[O-]. The van der Waals surface area contributed by atoms with Gasteiger partial charge in [-0.05, 0) is 18.9 Å². The second-order valence-electron chi connectivity index (χ2n) is 4.60. The quantitative estimate of drug-likeness (QED) is 0.430. The predicted octanol–water partition coefficient (Wildman–Crippen LogP) is 1.44. The van der Waals surface area contributed by atoms with Crippen molar-refractivity contribution >= 4 is 28.9 Å². The number of benzene rings is 1. The Labute approximate surface area is 125 Å². The summed E-state index contributed by atoms with van der Waals surface area (Å²) in [5.74, 6) is 4.76. The van der Waals surface area contributed by atoms with Crippen molar-refractivity contribution in [3.63, 3.8) is 0 Å². The maximum atomic E-state index is 12.0. The van der Waals surface area contributed by atoms with E-state index in [0.717, 1.165) is 18.9 Å². The molecule has 114 valence electrons. The van der Waals surface area contributed by atoms with Crippen LogP contribution in [0.15, 0.2) is 12.1 Å². The molecule has 0 aromatic heterocycles. The van der Waals surface area contributed by atoms with E-state index in [1.54, 1.807) is 0 Å². The lowest BCUT2D eigenvalue weighted by atomic mass is 10.1. The van der Waals surface area contributed by atoms with Crippen LogP contribution in [0, 0.1) is 10.1 Å². The maximum Gasteiger partial charge on any atom is 0.295 e. The Morgan fingerprint density at radius 2 is 2.33 bits per heavy atom. The van der Waals surface area contributed by atoms with Crippen LogP contribution in [-0.2, 0) is 4.74 Å². The van der Waals surface area contributed by atoms with E-state index in [4.69, 9.17) is 22.2 Å². The molecule has 1 aliphatic heterocycles. The second-order valence-corrected chi connectivity index (χ2v) is 5.01. The average molecular weight is 315 g/mol. The summed E-state index contributed by atoms with van der Waals surface area (Å²) in [5, 5.41) is 13.7. The number of rotatable bonds is 5. The molecule has 1 unspecified atom stereocenters. The summed E-state index contributed by atoms with van der Waals surface area (Å²) in [6, 6.07) is 2.46. The number of hydrogen-bond acceptors (Lipinski definition) is 6. The third-order valence-electron chi connectivity index (χ3n) is 3.19. The number of nitrogen functional groups attached to an aromatic ring is 1. The van der Waals surface area contributed by atoms with E-state index in [9.17, 15) is 14.9 Å². The van der Waals surface area contributed by atoms with Crippen LogP contribution in [-0.4, -0.2) is 30.1 Å². The van der Waals surface area contributed by atoms with Crippen molar-refractivity contribution < 1.29 is 14.5 Å². The summed E-state index contributed by atoms with van der Waals surface area (Å²) >= 11 is 5.90. The molecule has 1 fully saturated rings. The summed E-state index contributed by atoms with van der Waals surface area (Å²) in [6.45, 7) is 1.05. The van der Waals surface area contributed by atoms with Gasteiger partial charge in [-0.25, -0.2) is 0 Å². The molecule has 0 aliphatic carbocycles. The molecule has 4 N–H and O–H groups in total. The van der Waals surface area contributed by atoms with Crippen molar-refractivity contribution in [2.24, 2.45) is 5.84 Å². The summed E-state index contributed by atoms with van der Waals surface area (Å²) in [7, 11) is 0. The van der Waals surface area contributed by atoms with E-state index in [1.807, 2.05) is 0 Å². The van der Waals surface area contributed by atoms with Gasteiger partial charge in [-0.3, -0.25) is 20.8 Å². The Bertz CT molecular complexity index is 560. The lowest BCUT2D eigenvalue weighted by Gasteiger charge is -2.12. The molecule has 8 nitrogen and oxygen atoms in total. The van der Waals surface area contributed by atoms with Crippen molar-refractivity contribution in [1.29, 1.82) is 0 Å². The van der Waals surface area contributed by atoms with Gasteiger partial charge in [0, 0.05) is 24.8 Å². The monoisotopic (exact) mass is 314 g/mol. The summed E-state index contributed by atoms with van der Waals surface area (Å²) in [4.78, 5) is 22.3. The number of ether oxygens (including phenoxy) is 1. The third kappa shape index (κ3) is 3.60. The van der Waals surface area contributed by atoms with Crippen molar-refractivity contribution in [2.45, 2.75) is 18.9 Å². The number of nitro benzene ring substituents is 1. The lowest BCUT2D eigenvalue weighted by molar-refractivity contribution is -0.384. The van der Waals surface area contributed by atoms with Gasteiger partial charge in [-0.15, -0.1) is 0 Å². The van der Waals surface area contributed by atoms with Gasteiger partial charge in [0.2, 0.25) is 0 Å². The van der Waals surface area contributed by atoms with Crippen LogP contribution in [0.3, 0.4) is 0 Å². The van der Waals surface area contributed by atoms with Crippen molar-refractivity contribution in [3.05, 3.63) is 32.8 Å². The molecular formula is C12H15ClN4O4. The number of hydrazine groups is 1. The number of hydrogen-bond donors (Lipinski definition) is 3. The van der Waals surface area contributed by atoms with Gasteiger partial charge in [0.15, 0.2) is 0 Å². The highest BCUT2D eigenvalue weighted by molar-refractivity contribution is 6.34. The van der Waals surface area contributed by atoms with E-state index in [0.29, 0.717) is 13.2 Å². The van der Waals surface area contributed by atoms with Gasteiger partial charge in [0.05, 0.1) is 16.0 Å². The number of nitro groups is 1. The maximum absolute atomic E-state index is 12.0. The first-order chi connectivity index (χ1) is 10.0. The van der Waals surface area contributed by atoms with Crippen LogP contribution >= 0.6 is 11.6 Å². The van der Waals surface area contributed by atoms with E-state index < -0.39 is 10.8 Å². The third-order valence-corrected chi connectivity index (χ3v) is 3.49. The van der Waals surface area contributed by atoms with Crippen molar-refractivity contribution in [1.82, 2.24) is 5.32 Å². The fourth-order valence-electron chi connectivity index (χ4n) is 2.12. The molecular weight excluding hydrogens is 300 g/mol. The van der Waals surface area contributed by atoms with Crippen LogP contribution in [0.5, 0.6) is 0 Å². The number of amides is 1. The van der Waals surface area contributed by atoms with Gasteiger partial charge in [0.25, 0.3) is 11.6 Å². The number of nitrogens with two attached hydrogens (primary N) is 1. The lowest BCUT2D eigenvalue weighted by Crippen LogP contribution is -2.31. The zero-order valence-corrected chi connectivity index (χ0v) is 11.9. The number of nitrogens with one attached hydrogen (secondary N) is 2. The molecule has 0 spiro atoms. The number of carbonyl (C=O) groups is 1. The highest BCUT2D eigenvalue weighted by Crippen LogP contribution is 2.32. The molecule has 1 aromatic rings. The predicted molar refractivity (Wildman–Crippen MR) is 77.2 cm³/mol. The Balaban J connectivity index is 2.14. The summed E-state index contributed by atoms with van der Waals surface area (Å²) in [6.07, 6.45) is 1.84. The largest absolute Gasteiger partial charge is 0.376 e. The van der Waals surface area contributed by atoms with Crippen LogP contribution in [0.2, 0.25) is 5.02 Å². The van der Waals surface area contributed by atoms with Gasteiger partial charge in [-0.2, -0.15) is 0 Å². The van der Waals surface area contributed by atoms with E-state index in [2.05, 4.69) is 10.7 Å². The fraction of sp³-hybridized carbons (Fsp3) is 0.417. The molecule has 0 radical (unpaired) electrons. The zero-order chi connectivity index (χ0) is 15.4. The fourth-order valence-corrected chi connectivity index (χ4v) is 2.39. The molecule has 9 heteroatoms. The molecule has 21 heavy (non-hydrogen) atoms. The van der Waals surface area contributed by atoms with E-state index in [1.165, 1.54) is 6.07 Å². The first-order valence-corrected chi connectivity index (χ1v) is 6.75. The van der Waals surface area contributed by atoms with Crippen molar-refractivity contribution in [2.75, 3.05) is 18.6 Å². The summed E-state index contributed by atoms with van der Waals surface area (Å²) in [5.41, 5.74) is 1.88. The van der Waals surface area contributed by atoms with E-state index >= 15 is 0 Å². The second kappa shape index (κ2) is 6.70. The zero-order valence-electron chi connectivity index (χ0n) is 11.1. The molecule has 1 saturated heterocycles.